The van der Waals surface area contributed by atoms with Gasteiger partial charge in [0.05, 0.1) is 12.5 Å². The lowest BCUT2D eigenvalue weighted by Crippen LogP contribution is -2.40. The largest absolute Gasteiger partial charge is 0.481 e. The Morgan fingerprint density at radius 2 is 1.78 bits per heavy atom. The van der Waals surface area contributed by atoms with Crippen LogP contribution < -0.4 is 10.6 Å². The highest BCUT2D eigenvalue weighted by Gasteiger charge is 2.33. The van der Waals surface area contributed by atoms with Gasteiger partial charge in [-0.15, -0.1) is 0 Å². The molecule has 1 aromatic carbocycles. The molecule has 0 fully saturated rings. The first-order valence-electron chi connectivity index (χ1n) is 6.76. The lowest BCUT2D eigenvalue weighted by Gasteiger charge is -2.21. The highest BCUT2D eigenvalue weighted by molar-refractivity contribution is 5.74. The smallest absolute Gasteiger partial charge is 0.391 e. The van der Waals surface area contributed by atoms with Crippen LogP contribution in [0.1, 0.15) is 30.9 Å². The fourth-order valence-electron chi connectivity index (χ4n) is 1.83. The molecule has 0 heterocycles. The van der Waals surface area contributed by atoms with Crippen LogP contribution in [-0.4, -0.2) is 29.8 Å². The topological polar surface area (TPSA) is 78.4 Å². The van der Waals surface area contributed by atoms with E-state index in [-0.39, 0.29) is 24.9 Å². The van der Waals surface area contributed by atoms with Crippen molar-refractivity contribution in [3.8, 4) is 0 Å². The molecule has 0 saturated heterocycles. The zero-order valence-corrected chi connectivity index (χ0v) is 12.0. The number of carboxylic acid groups (broad SMARTS) is 1. The van der Waals surface area contributed by atoms with Gasteiger partial charge in [0, 0.05) is 13.0 Å². The molecule has 0 radical (unpaired) electrons. The Kier molecular flexibility index (Phi) is 6.80. The van der Waals surface area contributed by atoms with Crippen LogP contribution in [0.2, 0.25) is 0 Å². The molecule has 1 unspecified atom stereocenters. The van der Waals surface area contributed by atoms with Crippen LogP contribution in [0.4, 0.5) is 22.4 Å². The summed E-state index contributed by atoms with van der Waals surface area (Å²) in [5.74, 6) is -1.63. The van der Waals surface area contributed by atoms with Crippen LogP contribution in [0, 0.1) is 5.82 Å². The number of urea groups is 1. The second-order valence-corrected chi connectivity index (χ2v) is 4.82. The van der Waals surface area contributed by atoms with Crippen LogP contribution in [0.25, 0.3) is 0 Å². The second-order valence-electron chi connectivity index (χ2n) is 4.82. The molecule has 1 rings (SSSR count). The van der Waals surface area contributed by atoms with Gasteiger partial charge in [0.2, 0.25) is 0 Å². The molecule has 0 aliphatic rings. The number of alkyl halides is 3. The second kappa shape index (κ2) is 8.35. The SMILES string of the molecule is O=C(O)CCCNC(=O)NC(CC(F)(F)F)c1ccc(F)cc1. The molecule has 2 amide bonds. The van der Waals surface area contributed by atoms with Crippen molar-refractivity contribution in [1.29, 1.82) is 0 Å². The molecule has 1 aromatic rings. The number of hydrogen-bond donors (Lipinski definition) is 3. The van der Waals surface area contributed by atoms with Crippen molar-refractivity contribution < 1.29 is 32.3 Å². The number of carboxylic acids is 1. The van der Waals surface area contributed by atoms with Crippen LogP contribution in [0.5, 0.6) is 0 Å². The van der Waals surface area contributed by atoms with E-state index in [4.69, 9.17) is 5.11 Å². The molecule has 128 valence electrons. The van der Waals surface area contributed by atoms with Gasteiger partial charge in [-0.1, -0.05) is 12.1 Å². The Balaban J connectivity index is 2.64. The molecule has 0 saturated carbocycles. The molecule has 0 aliphatic heterocycles. The van der Waals surface area contributed by atoms with E-state index in [1.165, 1.54) is 0 Å². The predicted molar refractivity (Wildman–Crippen MR) is 73.2 cm³/mol. The first kappa shape index (κ1) is 18.7. The van der Waals surface area contributed by atoms with Crippen LogP contribution in [-0.2, 0) is 4.79 Å². The van der Waals surface area contributed by atoms with Crippen molar-refractivity contribution in [2.24, 2.45) is 0 Å². The van der Waals surface area contributed by atoms with Gasteiger partial charge in [-0.25, -0.2) is 9.18 Å². The standard InChI is InChI=1S/C14H16F4N2O3/c15-10-5-3-9(4-6-10)11(8-14(16,17)18)20-13(23)19-7-1-2-12(21)22/h3-6,11H,1-2,7-8H2,(H,21,22)(H2,19,20,23). The third-order valence-electron chi connectivity index (χ3n) is 2.87. The minimum atomic E-state index is -4.52. The van der Waals surface area contributed by atoms with Crippen LogP contribution in [0.15, 0.2) is 24.3 Å². The van der Waals surface area contributed by atoms with Gasteiger partial charge < -0.3 is 15.7 Å². The molecular weight excluding hydrogens is 320 g/mol. The summed E-state index contributed by atoms with van der Waals surface area (Å²) >= 11 is 0. The highest BCUT2D eigenvalue weighted by Crippen LogP contribution is 2.29. The van der Waals surface area contributed by atoms with Gasteiger partial charge in [-0.3, -0.25) is 4.79 Å². The predicted octanol–water partition coefficient (Wildman–Crippen LogP) is 2.98. The first-order chi connectivity index (χ1) is 10.7. The minimum Gasteiger partial charge on any atom is -0.481 e. The number of halogens is 4. The fourth-order valence-corrected chi connectivity index (χ4v) is 1.83. The Morgan fingerprint density at radius 1 is 1.17 bits per heavy atom. The summed E-state index contributed by atoms with van der Waals surface area (Å²) in [4.78, 5) is 21.9. The fraction of sp³-hybridized carbons (Fsp3) is 0.429. The lowest BCUT2D eigenvalue weighted by molar-refractivity contribution is -0.140. The van der Waals surface area contributed by atoms with E-state index in [0.29, 0.717) is 0 Å². The first-order valence-corrected chi connectivity index (χ1v) is 6.76. The molecule has 9 heteroatoms. The summed E-state index contributed by atoms with van der Waals surface area (Å²) in [6.07, 6.45) is -5.83. The maximum absolute atomic E-state index is 12.9. The number of nitrogens with one attached hydrogen (secondary N) is 2. The third-order valence-corrected chi connectivity index (χ3v) is 2.87. The van der Waals surface area contributed by atoms with Gasteiger partial charge >= 0.3 is 18.2 Å². The Bertz CT molecular complexity index is 532. The van der Waals surface area contributed by atoms with Crippen LogP contribution >= 0.6 is 0 Å². The summed E-state index contributed by atoms with van der Waals surface area (Å²) in [6.45, 7) is 0.0142. The number of hydrogen-bond acceptors (Lipinski definition) is 2. The van der Waals surface area contributed by atoms with Gasteiger partial charge in [0.1, 0.15) is 5.82 Å². The van der Waals surface area contributed by atoms with Gasteiger partial charge in [-0.2, -0.15) is 13.2 Å². The molecule has 3 N–H and O–H groups in total. The minimum absolute atomic E-state index is 0.0142. The lowest BCUT2D eigenvalue weighted by atomic mass is 10.0. The van der Waals surface area contributed by atoms with E-state index in [9.17, 15) is 27.2 Å². The van der Waals surface area contributed by atoms with Crippen molar-refractivity contribution in [2.75, 3.05) is 6.54 Å². The Morgan fingerprint density at radius 3 is 2.30 bits per heavy atom. The van der Waals surface area contributed by atoms with E-state index in [1.807, 2.05) is 0 Å². The van der Waals surface area contributed by atoms with E-state index in [0.717, 1.165) is 24.3 Å². The van der Waals surface area contributed by atoms with Crippen molar-refractivity contribution in [1.82, 2.24) is 10.6 Å². The number of benzene rings is 1. The Hall–Kier alpha value is -2.32. The molecule has 23 heavy (non-hydrogen) atoms. The summed E-state index contributed by atoms with van der Waals surface area (Å²) in [7, 11) is 0. The van der Waals surface area contributed by atoms with E-state index >= 15 is 0 Å². The van der Waals surface area contributed by atoms with Crippen molar-refractivity contribution in [3.05, 3.63) is 35.6 Å². The van der Waals surface area contributed by atoms with E-state index < -0.39 is 36.5 Å². The number of amides is 2. The number of carbonyl (C=O) groups is 2. The van der Waals surface area contributed by atoms with Crippen molar-refractivity contribution in [3.63, 3.8) is 0 Å². The summed E-state index contributed by atoms with van der Waals surface area (Å²) in [5, 5.41) is 12.9. The number of rotatable bonds is 7. The maximum atomic E-state index is 12.9. The molecule has 1 atom stereocenters. The van der Waals surface area contributed by atoms with E-state index in [2.05, 4.69) is 10.6 Å². The molecule has 0 spiro atoms. The normalized spacial score (nSPS) is 12.5. The summed E-state index contributed by atoms with van der Waals surface area (Å²) in [5.41, 5.74) is 0.115. The van der Waals surface area contributed by atoms with Gasteiger partial charge in [0.15, 0.2) is 0 Å². The highest BCUT2D eigenvalue weighted by atomic mass is 19.4. The summed E-state index contributed by atoms with van der Waals surface area (Å²) in [6, 6.07) is 2.12. The molecule has 5 nitrogen and oxygen atoms in total. The average Bonchev–Trinajstić information content (AvgIpc) is 2.42. The third kappa shape index (κ3) is 8.03. The molecular formula is C14H16F4N2O3. The van der Waals surface area contributed by atoms with Crippen molar-refractivity contribution >= 4 is 12.0 Å². The van der Waals surface area contributed by atoms with E-state index in [1.54, 1.807) is 0 Å². The van der Waals surface area contributed by atoms with Crippen molar-refractivity contribution in [2.45, 2.75) is 31.5 Å². The zero-order chi connectivity index (χ0) is 17.5. The average molecular weight is 336 g/mol. The number of carbonyl (C=O) groups excluding carboxylic acids is 1. The van der Waals surface area contributed by atoms with Gasteiger partial charge in [-0.05, 0) is 24.1 Å². The van der Waals surface area contributed by atoms with Crippen LogP contribution in [0.3, 0.4) is 0 Å². The molecule has 0 aliphatic carbocycles. The summed E-state index contributed by atoms with van der Waals surface area (Å²) < 4.78 is 50.7. The zero-order valence-electron chi connectivity index (χ0n) is 12.0. The van der Waals surface area contributed by atoms with Gasteiger partial charge in [0.25, 0.3) is 0 Å². The number of aliphatic carboxylic acids is 1. The Labute approximate surface area is 129 Å². The maximum Gasteiger partial charge on any atom is 0.391 e. The monoisotopic (exact) mass is 336 g/mol. The quantitative estimate of drug-likeness (QED) is 0.529. The molecule has 0 bridgehead atoms. The molecule has 0 aromatic heterocycles.